The van der Waals surface area contributed by atoms with Crippen molar-refractivity contribution in [2.24, 2.45) is 0 Å². The topological polar surface area (TPSA) is 70.7 Å². The van der Waals surface area contributed by atoms with Crippen LogP contribution in [0.4, 0.5) is 18.9 Å². The van der Waals surface area contributed by atoms with Gasteiger partial charge in [0, 0.05) is 5.56 Å². The van der Waals surface area contributed by atoms with Crippen molar-refractivity contribution in [2.75, 3.05) is 4.90 Å². The Labute approximate surface area is 132 Å². The smallest absolute Gasteiger partial charge is 0.418 e. The Balaban J connectivity index is 1.90. The predicted octanol–water partition coefficient (Wildman–Crippen LogP) is 3.18. The molecule has 24 heavy (non-hydrogen) atoms. The summed E-state index contributed by atoms with van der Waals surface area (Å²) in [6.45, 7) is -0.407. The maximum Gasteiger partial charge on any atom is 0.418 e. The number of aliphatic hydroxyl groups is 1. The summed E-state index contributed by atoms with van der Waals surface area (Å²) >= 11 is 0. The molecular formula is C16H8F3NO4. The monoisotopic (exact) mass is 335 g/mol. The summed E-state index contributed by atoms with van der Waals surface area (Å²) in [5.41, 5.74) is -1.34. The molecule has 1 aliphatic rings. The number of hydrogen-bond donors (Lipinski definition) is 1. The Morgan fingerprint density at radius 1 is 1.08 bits per heavy atom. The molecule has 1 N–H and O–H groups in total. The number of para-hydroxylation sites is 1. The first-order chi connectivity index (χ1) is 11.3. The number of hydrogen-bond acceptors (Lipinski definition) is 4. The summed E-state index contributed by atoms with van der Waals surface area (Å²) in [6, 6.07) is 5.78. The van der Waals surface area contributed by atoms with Crippen molar-refractivity contribution in [1.82, 2.24) is 0 Å². The lowest BCUT2D eigenvalue weighted by Gasteiger charge is -2.19. The molecule has 5 nitrogen and oxygen atoms in total. The van der Waals surface area contributed by atoms with Gasteiger partial charge in [0.05, 0.1) is 29.0 Å². The number of halogens is 3. The summed E-state index contributed by atoms with van der Waals surface area (Å²) in [7, 11) is 0. The molecule has 0 radical (unpaired) electrons. The van der Waals surface area contributed by atoms with Crippen LogP contribution in [0.25, 0.3) is 11.2 Å². The Hall–Kier alpha value is -2.87. The van der Waals surface area contributed by atoms with Crippen LogP contribution in [0, 0.1) is 0 Å². The number of furan rings is 2. The van der Waals surface area contributed by atoms with E-state index >= 15 is 0 Å². The molecule has 122 valence electrons. The van der Waals surface area contributed by atoms with Gasteiger partial charge in [-0.25, -0.2) is 4.90 Å². The molecule has 1 aliphatic heterocycles. The number of imide groups is 1. The zero-order valence-corrected chi connectivity index (χ0v) is 11.8. The standard InChI is InChI=1S/C16H8F3NO4/c17-16(18,19)8-3-1-2-4-9(8)20-14(22)11-10-5-7(6-21)13(24-10)12(11)15(20)23/h1-5,21H,6H2. The van der Waals surface area contributed by atoms with E-state index in [-0.39, 0.29) is 22.3 Å². The highest BCUT2D eigenvalue weighted by atomic mass is 19.4. The van der Waals surface area contributed by atoms with Crippen molar-refractivity contribution in [3.05, 3.63) is 52.6 Å². The fourth-order valence-electron chi connectivity index (χ4n) is 2.98. The van der Waals surface area contributed by atoms with Crippen LogP contribution in [0.3, 0.4) is 0 Å². The van der Waals surface area contributed by atoms with Crippen molar-refractivity contribution in [1.29, 1.82) is 0 Å². The van der Waals surface area contributed by atoms with Gasteiger partial charge >= 0.3 is 6.18 Å². The molecule has 0 atom stereocenters. The molecule has 8 heteroatoms. The molecule has 3 heterocycles. The molecule has 4 rings (SSSR count). The SMILES string of the molecule is O=C1c2c(c3oc2cc3CO)C(=O)N1c1ccccc1C(F)(F)F. The first-order valence-corrected chi connectivity index (χ1v) is 6.88. The minimum atomic E-state index is -4.71. The van der Waals surface area contributed by atoms with Gasteiger partial charge in [-0.05, 0) is 18.2 Å². The Kier molecular flexibility index (Phi) is 2.80. The third kappa shape index (κ3) is 1.74. The first-order valence-electron chi connectivity index (χ1n) is 6.88. The second-order valence-electron chi connectivity index (χ2n) is 5.33. The van der Waals surface area contributed by atoms with E-state index in [1.165, 1.54) is 18.2 Å². The summed E-state index contributed by atoms with van der Waals surface area (Å²) in [5.74, 6) is -1.76. The molecular weight excluding hydrogens is 327 g/mol. The van der Waals surface area contributed by atoms with Gasteiger partial charge in [0.2, 0.25) is 0 Å². The van der Waals surface area contributed by atoms with E-state index in [1.54, 1.807) is 0 Å². The zero-order valence-electron chi connectivity index (χ0n) is 11.8. The van der Waals surface area contributed by atoms with Crippen LogP contribution in [0.5, 0.6) is 0 Å². The summed E-state index contributed by atoms with van der Waals surface area (Å²) in [4.78, 5) is 25.6. The molecule has 0 spiro atoms. The van der Waals surface area contributed by atoms with Gasteiger partial charge in [-0.3, -0.25) is 9.59 Å². The highest BCUT2D eigenvalue weighted by Crippen LogP contribution is 2.43. The number of amides is 2. The van der Waals surface area contributed by atoms with Crippen LogP contribution in [0.1, 0.15) is 31.8 Å². The summed E-state index contributed by atoms with van der Waals surface area (Å²) in [5, 5.41) is 9.23. The Morgan fingerprint density at radius 2 is 1.75 bits per heavy atom. The highest BCUT2D eigenvalue weighted by molar-refractivity contribution is 6.39. The minimum absolute atomic E-state index is 0.0350. The zero-order chi connectivity index (χ0) is 17.2. The average molecular weight is 335 g/mol. The molecule has 0 fully saturated rings. The Morgan fingerprint density at radius 3 is 2.42 bits per heavy atom. The van der Waals surface area contributed by atoms with Crippen LogP contribution < -0.4 is 4.90 Å². The molecule has 0 aliphatic carbocycles. The van der Waals surface area contributed by atoms with Crippen LogP contribution in [-0.2, 0) is 12.8 Å². The van der Waals surface area contributed by atoms with E-state index in [0.717, 1.165) is 12.1 Å². The molecule has 0 saturated heterocycles. The summed E-state index contributed by atoms with van der Waals surface area (Å²) < 4.78 is 44.8. The van der Waals surface area contributed by atoms with E-state index in [1.807, 2.05) is 0 Å². The van der Waals surface area contributed by atoms with E-state index in [0.29, 0.717) is 10.5 Å². The van der Waals surface area contributed by atoms with Crippen LogP contribution in [-0.4, -0.2) is 16.9 Å². The van der Waals surface area contributed by atoms with Crippen molar-refractivity contribution in [3.8, 4) is 0 Å². The number of carbonyl (C=O) groups excluding carboxylic acids is 2. The lowest BCUT2D eigenvalue weighted by molar-refractivity contribution is -0.137. The number of nitrogens with zero attached hydrogens (tertiary/aromatic N) is 1. The lowest BCUT2D eigenvalue weighted by Crippen LogP contribution is -2.31. The van der Waals surface area contributed by atoms with Gasteiger partial charge in [-0.15, -0.1) is 0 Å². The fourth-order valence-corrected chi connectivity index (χ4v) is 2.98. The number of benzene rings is 2. The summed E-state index contributed by atoms with van der Waals surface area (Å²) in [6.07, 6.45) is -4.71. The molecule has 1 aromatic carbocycles. The minimum Gasteiger partial charge on any atom is -0.455 e. The van der Waals surface area contributed by atoms with E-state index in [2.05, 4.69) is 0 Å². The van der Waals surface area contributed by atoms with Gasteiger partial charge < -0.3 is 9.52 Å². The van der Waals surface area contributed by atoms with E-state index < -0.39 is 35.8 Å². The Bertz CT molecular complexity index is 989. The predicted molar refractivity (Wildman–Crippen MR) is 75.9 cm³/mol. The third-order valence-electron chi connectivity index (χ3n) is 3.99. The van der Waals surface area contributed by atoms with E-state index in [9.17, 15) is 27.9 Å². The van der Waals surface area contributed by atoms with Crippen LogP contribution >= 0.6 is 0 Å². The molecule has 2 amide bonds. The van der Waals surface area contributed by atoms with Crippen molar-refractivity contribution >= 4 is 28.7 Å². The van der Waals surface area contributed by atoms with Crippen molar-refractivity contribution < 1.29 is 32.3 Å². The lowest BCUT2D eigenvalue weighted by atomic mass is 10.1. The number of aliphatic hydroxyl groups excluding tert-OH is 1. The normalized spacial score (nSPS) is 14.9. The quantitative estimate of drug-likeness (QED) is 0.730. The number of alkyl halides is 3. The van der Waals surface area contributed by atoms with Gasteiger partial charge in [0.1, 0.15) is 11.2 Å². The molecule has 3 aromatic rings. The largest absolute Gasteiger partial charge is 0.455 e. The van der Waals surface area contributed by atoms with Gasteiger partial charge in [0.25, 0.3) is 11.8 Å². The second-order valence-corrected chi connectivity index (χ2v) is 5.33. The molecule has 2 bridgehead atoms. The van der Waals surface area contributed by atoms with Crippen molar-refractivity contribution in [3.63, 3.8) is 0 Å². The number of anilines is 1. The molecule has 2 aromatic heterocycles. The van der Waals surface area contributed by atoms with Gasteiger partial charge in [-0.2, -0.15) is 13.2 Å². The first kappa shape index (κ1) is 14.7. The number of rotatable bonds is 2. The maximum atomic E-state index is 13.2. The van der Waals surface area contributed by atoms with Crippen LogP contribution in [0.2, 0.25) is 0 Å². The third-order valence-corrected chi connectivity index (χ3v) is 3.99. The van der Waals surface area contributed by atoms with Crippen molar-refractivity contribution in [2.45, 2.75) is 12.8 Å². The van der Waals surface area contributed by atoms with Gasteiger partial charge in [0.15, 0.2) is 0 Å². The van der Waals surface area contributed by atoms with Crippen LogP contribution in [0.15, 0.2) is 34.7 Å². The average Bonchev–Trinajstić information content (AvgIpc) is 3.18. The maximum absolute atomic E-state index is 13.2. The number of fused-ring (bicyclic) bond motifs is 5. The fraction of sp³-hybridized carbons (Fsp3) is 0.125. The highest BCUT2D eigenvalue weighted by Gasteiger charge is 2.46. The molecule has 0 saturated carbocycles. The number of carbonyl (C=O) groups is 2. The van der Waals surface area contributed by atoms with Gasteiger partial charge in [-0.1, -0.05) is 12.1 Å². The van der Waals surface area contributed by atoms with E-state index in [4.69, 9.17) is 4.42 Å². The molecule has 0 unspecified atom stereocenters. The second kappa shape index (κ2) is 4.57.